The van der Waals surface area contributed by atoms with Gasteiger partial charge in [0.15, 0.2) is 0 Å². The van der Waals surface area contributed by atoms with Crippen molar-refractivity contribution in [3.63, 3.8) is 0 Å². The van der Waals surface area contributed by atoms with Crippen molar-refractivity contribution in [2.45, 2.75) is 43.6 Å². The van der Waals surface area contributed by atoms with Crippen LogP contribution >= 0.6 is 11.8 Å². The molecule has 90 valence electrons. The normalized spacial score (nSPS) is 12.7. The van der Waals surface area contributed by atoms with Crippen LogP contribution in [0.2, 0.25) is 0 Å². The highest BCUT2D eigenvalue weighted by Gasteiger charge is 2.07. The summed E-state index contributed by atoms with van der Waals surface area (Å²) in [6, 6.07) is 6.69. The largest absolute Gasteiger partial charge is 0.392 e. The quantitative estimate of drug-likeness (QED) is 0.579. The van der Waals surface area contributed by atoms with E-state index in [1.54, 1.807) is 12.1 Å². The molecule has 1 aromatic carbocycles. The Morgan fingerprint density at radius 3 is 2.75 bits per heavy atom. The van der Waals surface area contributed by atoms with Crippen LogP contribution < -0.4 is 0 Å². The second-order valence-corrected chi connectivity index (χ2v) is 4.95. The number of hydrogen-bond donors (Lipinski definition) is 1. The van der Waals surface area contributed by atoms with Crippen molar-refractivity contribution in [1.29, 1.82) is 0 Å². The fourth-order valence-electron chi connectivity index (χ4n) is 1.46. The standard InChI is InChI=1S/C13H19FOS/c1-2-3-4-7-11(15)10-16-13-9-6-5-8-12(13)14/h5-6,8-9,11,15H,2-4,7,10H2,1H3. The Hall–Kier alpha value is -0.540. The Balaban J connectivity index is 2.26. The maximum atomic E-state index is 13.2. The monoisotopic (exact) mass is 242 g/mol. The van der Waals surface area contributed by atoms with E-state index in [2.05, 4.69) is 6.92 Å². The molecule has 0 spiro atoms. The molecule has 1 atom stereocenters. The van der Waals surface area contributed by atoms with Gasteiger partial charge in [0.2, 0.25) is 0 Å². The molecule has 1 rings (SSSR count). The van der Waals surface area contributed by atoms with Crippen LogP contribution in [-0.4, -0.2) is 17.0 Å². The van der Waals surface area contributed by atoms with Gasteiger partial charge < -0.3 is 5.11 Å². The molecule has 0 amide bonds. The van der Waals surface area contributed by atoms with Crippen LogP contribution in [-0.2, 0) is 0 Å². The molecule has 0 saturated heterocycles. The summed E-state index contributed by atoms with van der Waals surface area (Å²) in [5.41, 5.74) is 0. The molecule has 0 aliphatic heterocycles. The van der Waals surface area contributed by atoms with Crippen molar-refractivity contribution in [3.05, 3.63) is 30.1 Å². The molecule has 0 aliphatic rings. The molecule has 0 fully saturated rings. The van der Waals surface area contributed by atoms with E-state index in [9.17, 15) is 9.50 Å². The van der Waals surface area contributed by atoms with E-state index >= 15 is 0 Å². The highest BCUT2D eigenvalue weighted by molar-refractivity contribution is 7.99. The highest BCUT2D eigenvalue weighted by Crippen LogP contribution is 2.22. The summed E-state index contributed by atoms with van der Waals surface area (Å²) in [5.74, 6) is 0.373. The molecular weight excluding hydrogens is 223 g/mol. The number of hydrogen-bond acceptors (Lipinski definition) is 2. The molecule has 0 saturated carbocycles. The van der Waals surface area contributed by atoms with E-state index in [1.165, 1.54) is 17.8 Å². The molecular formula is C13H19FOS. The van der Waals surface area contributed by atoms with E-state index in [0.29, 0.717) is 10.6 Å². The minimum Gasteiger partial charge on any atom is -0.392 e. The van der Waals surface area contributed by atoms with Crippen molar-refractivity contribution < 1.29 is 9.50 Å². The minimum atomic E-state index is -0.323. The summed E-state index contributed by atoms with van der Waals surface area (Å²) >= 11 is 1.39. The summed E-state index contributed by atoms with van der Waals surface area (Å²) in [6.07, 6.45) is 3.86. The zero-order valence-corrected chi connectivity index (χ0v) is 10.5. The molecule has 0 aromatic heterocycles. The summed E-state index contributed by atoms with van der Waals surface area (Å²) in [7, 11) is 0. The topological polar surface area (TPSA) is 20.2 Å². The first kappa shape index (κ1) is 13.5. The second-order valence-electron chi connectivity index (χ2n) is 3.89. The molecule has 1 nitrogen and oxygen atoms in total. The van der Waals surface area contributed by atoms with Gasteiger partial charge in [0.25, 0.3) is 0 Å². The van der Waals surface area contributed by atoms with E-state index in [-0.39, 0.29) is 11.9 Å². The Morgan fingerprint density at radius 2 is 2.06 bits per heavy atom. The molecule has 16 heavy (non-hydrogen) atoms. The van der Waals surface area contributed by atoms with Gasteiger partial charge in [-0.05, 0) is 18.6 Å². The summed E-state index contributed by atoms with van der Waals surface area (Å²) in [5, 5.41) is 9.68. The lowest BCUT2D eigenvalue weighted by Crippen LogP contribution is -2.09. The number of thioether (sulfide) groups is 1. The third kappa shape index (κ3) is 4.99. The van der Waals surface area contributed by atoms with Crippen LogP contribution in [0.5, 0.6) is 0 Å². The Kier molecular flexibility index (Phi) is 6.50. The van der Waals surface area contributed by atoms with Crippen molar-refractivity contribution in [2.24, 2.45) is 0 Å². The van der Waals surface area contributed by atoms with Crippen molar-refractivity contribution in [3.8, 4) is 0 Å². The smallest absolute Gasteiger partial charge is 0.136 e. The number of benzene rings is 1. The molecule has 3 heteroatoms. The molecule has 0 bridgehead atoms. The van der Waals surface area contributed by atoms with Crippen LogP contribution in [0.1, 0.15) is 32.6 Å². The summed E-state index contributed by atoms with van der Waals surface area (Å²) in [4.78, 5) is 0.622. The minimum absolute atomic E-state index is 0.201. The Labute approximate surface area is 101 Å². The van der Waals surface area contributed by atoms with Gasteiger partial charge in [-0.3, -0.25) is 0 Å². The highest BCUT2D eigenvalue weighted by atomic mass is 32.2. The van der Waals surface area contributed by atoms with Gasteiger partial charge >= 0.3 is 0 Å². The average molecular weight is 242 g/mol. The number of unbranched alkanes of at least 4 members (excludes halogenated alkanes) is 2. The Bertz CT molecular complexity index is 304. The van der Waals surface area contributed by atoms with Crippen LogP contribution in [0.3, 0.4) is 0 Å². The third-order valence-electron chi connectivity index (χ3n) is 2.41. The summed E-state index contributed by atoms with van der Waals surface area (Å²) in [6.45, 7) is 2.14. The van der Waals surface area contributed by atoms with Crippen LogP contribution in [0, 0.1) is 5.82 Å². The third-order valence-corrected chi connectivity index (χ3v) is 3.60. The van der Waals surface area contributed by atoms with E-state index in [0.717, 1.165) is 25.7 Å². The van der Waals surface area contributed by atoms with Crippen molar-refractivity contribution >= 4 is 11.8 Å². The predicted molar refractivity (Wildman–Crippen MR) is 67.3 cm³/mol. The molecule has 0 aliphatic carbocycles. The number of aliphatic hydroxyl groups excluding tert-OH is 1. The van der Waals surface area contributed by atoms with E-state index in [4.69, 9.17) is 0 Å². The first-order chi connectivity index (χ1) is 7.74. The number of rotatable bonds is 7. The van der Waals surface area contributed by atoms with Gasteiger partial charge in [-0.15, -0.1) is 11.8 Å². The van der Waals surface area contributed by atoms with Crippen molar-refractivity contribution in [1.82, 2.24) is 0 Å². The SMILES string of the molecule is CCCCCC(O)CSc1ccccc1F. The lowest BCUT2D eigenvalue weighted by Gasteiger charge is -2.09. The first-order valence-electron chi connectivity index (χ1n) is 5.79. The van der Waals surface area contributed by atoms with Crippen LogP contribution in [0.4, 0.5) is 4.39 Å². The van der Waals surface area contributed by atoms with Crippen LogP contribution in [0.15, 0.2) is 29.2 Å². The van der Waals surface area contributed by atoms with Gasteiger partial charge in [-0.2, -0.15) is 0 Å². The molecule has 0 heterocycles. The fourth-order valence-corrected chi connectivity index (χ4v) is 2.38. The van der Waals surface area contributed by atoms with E-state index < -0.39 is 0 Å². The zero-order valence-electron chi connectivity index (χ0n) is 9.66. The summed E-state index contributed by atoms with van der Waals surface area (Å²) < 4.78 is 13.2. The molecule has 0 radical (unpaired) electrons. The van der Waals surface area contributed by atoms with Gasteiger partial charge in [0, 0.05) is 10.6 Å². The number of halogens is 1. The lowest BCUT2D eigenvalue weighted by molar-refractivity contribution is 0.185. The van der Waals surface area contributed by atoms with Crippen molar-refractivity contribution in [2.75, 3.05) is 5.75 Å². The first-order valence-corrected chi connectivity index (χ1v) is 6.78. The van der Waals surface area contributed by atoms with Gasteiger partial charge in [-0.25, -0.2) is 4.39 Å². The van der Waals surface area contributed by atoms with Crippen LogP contribution in [0.25, 0.3) is 0 Å². The second kappa shape index (κ2) is 7.69. The van der Waals surface area contributed by atoms with Gasteiger partial charge in [0.05, 0.1) is 6.10 Å². The molecule has 1 unspecified atom stereocenters. The maximum Gasteiger partial charge on any atom is 0.136 e. The fraction of sp³-hybridized carbons (Fsp3) is 0.538. The number of aliphatic hydroxyl groups is 1. The molecule has 1 N–H and O–H groups in total. The molecule has 1 aromatic rings. The van der Waals surface area contributed by atoms with E-state index in [1.807, 2.05) is 6.07 Å². The maximum absolute atomic E-state index is 13.2. The predicted octanol–water partition coefficient (Wildman–Crippen LogP) is 3.86. The Morgan fingerprint density at radius 1 is 1.31 bits per heavy atom. The lowest BCUT2D eigenvalue weighted by atomic mass is 10.1. The zero-order chi connectivity index (χ0) is 11.8. The van der Waals surface area contributed by atoms with Gasteiger partial charge in [0.1, 0.15) is 5.82 Å². The van der Waals surface area contributed by atoms with Gasteiger partial charge in [-0.1, -0.05) is 38.3 Å². The average Bonchev–Trinajstić information content (AvgIpc) is 2.28.